The highest BCUT2D eigenvalue weighted by Gasteiger charge is 2.33. The number of aromatic nitrogens is 1. The number of nitrogens with zero attached hydrogens (tertiary/aromatic N) is 2. The Balaban J connectivity index is 1.92. The highest BCUT2D eigenvalue weighted by molar-refractivity contribution is 6.32. The Bertz CT molecular complexity index is 1090. The molecule has 0 radical (unpaired) electrons. The van der Waals surface area contributed by atoms with Gasteiger partial charge in [0.15, 0.2) is 0 Å². The second-order valence-corrected chi connectivity index (χ2v) is 5.65. The molecule has 0 saturated heterocycles. The topological polar surface area (TPSA) is 33.2 Å². The standard InChI is InChI=1S/C20H12N2O/c23-20-18-14-9-4-5-10-15(14)21-16-11-6-12-17(19(16)18)22(20)13-7-2-1-3-8-13/h1-12H. The average Bonchev–Trinajstić information content (AvgIpc) is 2.90. The highest BCUT2D eigenvalue weighted by atomic mass is 16.2. The Hall–Kier alpha value is -3.20. The molecule has 108 valence electrons. The average molecular weight is 296 g/mol. The van der Waals surface area contributed by atoms with Gasteiger partial charge >= 0.3 is 0 Å². The van der Waals surface area contributed by atoms with E-state index in [9.17, 15) is 4.79 Å². The minimum Gasteiger partial charge on any atom is -0.276 e. The van der Waals surface area contributed by atoms with E-state index < -0.39 is 0 Å². The van der Waals surface area contributed by atoms with Crippen LogP contribution in [-0.2, 0) is 0 Å². The lowest BCUT2D eigenvalue weighted by Crippen LogP contribution is -2.20. The van der Waals surface area contributed by atoms with Gasteiger partial charge in [-0.25, -0.2) is 4.98 Å². The maximum atomic E-state index is 13.2. The Morgan fingerprint density at radius 2 is 1.48 bits per heavy atom. The molecule has 1 aliphatic rings. The fraction of sp³-hybridized carbons (Fsp3) is 0. The van der Waals surface area contributed by atoms with Crippen molar-refractivity contribution < 1.29 is 4.79 Å². The number of carbonyl (C=O) groups excluding carboxylic acids is 1. The van der Waals surface area contributed by atoms with E-state index in [1.807, 2.05) is 72.8 Å². The van der Waals surface area contributed by atoms with Crippen LogP contribution in [0.2, 0.25) is 0 Å². The first-order valence-electron chi connectivity index (χ1n) is 7.55. The summed E-state index contributed by atoms with van der Waals surface area (Å²) in [6.45, 7) is 0. The Labute approximate surface area is 132 Å². The van der Waals surface area contributed by atoms with Gasteiger partial charge in [-0.1, -0.05) is 42.5 Å². The van der Waals surface area contributed by atoms with Crippen molar-refractivity contribution in [2.75, 3.05) is 4.90 Å². The molecular formula is C20H12N2O. The van der Waals surface area contributed by atoms with Crippen LogP contribution in [0.1, 0.15) is 10.4 Å². The van der Waals surface area contributed by atoms with E-state index in [1.165, 1.54) is 0 Å². The molecule has 0 fully saturated rings. The molecule has 0 N–H and O–H groups in total. The first kappa shape index (κ1) is 12.4. The second-order valence-electron chi connectivity index (χ2n) is 5.65. The predicted molar refractivity (Wildman–Crippen MR) is 92.2 cm³/mol. The molecule has 1 amide bonds. The molecule has 23 heavy (non-hydrogen) atoms. The van der Waals surface area contributed by atoms with Crippen molar-refractivity contribution in [1.29, 1.82) is 0 Å². The Kier molecular flexibility index (Phi) is 2.36. The maximum absolute atomic E-state index is 13.2. The summed E-state index contributed by atoms with van der Waals surface area (Å²) in [6, 6.07) is 23.5. The normalized spacial score (nSPS) is 13.2. The summed E-state index contributed by atoms with van der Waals surface area (Å²) in [5.74, 6) is 0.0148. The van der Waals surface area contributed by atoms with Crippen molar-refractivity contribution in [3.8, 4) is 0 Å². The number of hydrogen-bond donors (Lipinski definition) is 0. The van der Waals surface area contributed by atoms with Gasteiger partial charge in [0.2, 0.25) is 0 Å². The van der Waals surface area contributed by atoms with Crippen LogP contribution in [0.4, 0.5) is 11.4 Å². The second kappa shape index (κ2) is 4.40. The molecular weight excluding hydrogens is 284 g/mol. The summed E-state index contributed by atoms with van der Waals surface area (Å²) < 4.78 is 0. The van der Waals surface area contributed by atoms with Crippen LogP contribution in [-0.4, -0.2) is 10.9 Å². The lowest BCUT2D eigenvalue weighted by molar-refractivity contribution is 0.101. The molecule has 0 spiro atoms. The van der Waals surface area contributed by atoms with Gasteiger partial charge in [0.1, 0.15) is 0 Å². The molecule has 3 heteroatoms. The van der Waals surface area contributed by atoms with E-state index in [-0.39, 0.29) is 5.91 Å². The highest BCUT2D eigenvalue weighted by Crippen LogP contribution is 2.43. The maximum Gasteiger partial charge on any atom is 0.264 e. The molecule has 0 atom stereocenters. The van der Waals surface area contributed by atoms with Gasteiger partial charge in [-0.3, -0.25) is 9.69 Å². The lowest BCUT2D eigenvalue weighted by Gasteiger charge is -2.17. The minimum atomic E-state index is 0.0148. The quantitative estimate of drug-likeness (QED) is 0.478. The zero-order chi connectivity index (χ0) is 15.4. The number of fused-ring (bicyclic) bond motifs is 2. The van der Waals surface area contributed by atoms with Gasteiger partial charge in [0, 0.05) is 16.5 Å². The van der Waals surface area contributed by atoms with E-state index in [1.54, 1.807) is 4.90 Å². The Morgan fingerprint density at radius 3 is 2.35 bits per heavy atom. The molecule has 2 heterocycles. The summed E-state index contributed by atoms with van der Waals surface area (Å²) in [6.07, 6.45) is 0. The number of anilines is 2. The van der Waals surface area contributed by atoms with Gasteiger partial charge in [0.05, 0.1) is 22.3 Å². The van der Waals surface area contributed by atoms with Gasteiger partial charge in [-0.05, 0) is 30.3 Å². The fourth-order valence-electron chi connectivity index (χ4n) is 3.39. The summed E-state index contributed by atoms with van der Waals surface area (Å²) in [7, 11) is 0. The largest absolute Gasteiger partial charge is 0.276 e. The van der Waals surface area contributed by atoms with Gasteiger partial charge in [-0.15, -0.1) is 0 Å². The van der Waals surface area contributed by atoms with Crippen molar-refractivity contribution in [3.05, 3.63) is 78.4 Å². The molecule has 0 bridgehead atoms. The van der Waals surface area contributed by atoms with Crippen LogP contribution in [0, 0.1) is 0 Å². The fourth-order valence-corrected chi connectivity index (χ4v) is 3.39. The SMILES string of the molecule is O=C1c2c3ccccc3nc3cccc(c23)N1c1ccccc1. The molecule has 4 aromatic rings. The first-order chi connectivity index (χ1) is 11.3. The summed E-state index contributed by atoms with van der Waals surface area (Å²) in [4.78, 5) is 19.7. The van der Waals surface area contributed by atoms with Crippen LogP contribution in [0.15, 0.2) is 72.8 Å². The molecule has 0 saturated carbocycles. The van der Waals surface area contributed by atoms with E-state index in [2.05, 4.69) is 0 Å². The number of amides is 1. The van der Waals surface area contributed by atoms with E-state index >= 15 is 0 Å². The minimum absolute atomic E-state index is 0.0148. The lowest BCUT2D eigenvalue weighted by atomic mass is 10.0. The third-order valence-electron chi connectivity index (χ3n) is 4.36. The molecule has 0 aliphatic carbocycles. The third-order valence-corrected chi connectivity index (χ3v) is 4.36. The summed E-state index contributed by atoms with van der Waals surface area (Å²) in [5.41, 5.74) is 4.26. The predicted octanol–water partition coefficient (Wildman–Crippen LogP) is 4.68. The number of para-hydroxylation sites is 2. The van der Waals surface area contributed by atoms with Crippen molar-refractivity contribution >= 4 is 39.1 Å². The smallest absolute Gasteiger partial charge is 0.264 e. The molecule has 3 nitrogen and oxygen atoms in total. The number of pyridine rings is 1. The van der Waals surface area contributed by atoms with E-state index in [4.69, 9.17) is 4.98 Å². The van der Waals surface area contributed by atoms with Crippen LogP contribution >= 0.6 is 0 Å². The third kappa shape index (κ3) is 1.59. The van der Waals surface area contributed by atoms with Crippen LogP contribution in [0.25, 0.3) is 21.8 Å². The summed E-state index contributed by atoms with van der Waals surface area (Å²) in [5, 5.41) is 1.86. The number of rotatable bonds is 1. The van der Waals surface area contributed by atoms with Gasteiger partial charge in [-0.2, -0.15) is 0 Å². The van der Waals surface area contributed by atoms with Crippen molar-refractivity contribution in [3.63, 3.8) is 0 Å². The molecule has 1 aliphatic heterocycles. The Morgan fingerprint density at radius 1 is 0.739 bits per heavy atom. The van der Waals surface area contributed by atoms with Gasteiger partial charge < -0.3 is 0 Å². The van der Waals surface area contributed by atoms with Crippen LogP contribution in [0.3, 0.4) is 0 Å². The molecule has 5 rings (SSSR count). The number of benzene rings is 3. The van der Waals surface area contributed by atoms with Crippen molar-refractivity contribution in [2.45, 2.75) is 0 Å². The zero-order valence-corrected chi connectivity index (χ0v) is 12.2. The molecule has 0 unspecified atom stereocenters. The van der Waals surface area contributed by atoms with Crippen LogP contribution in [0.5, 0.6) is 0 Å². The zero-order valence-electron chi connectivity index (χ0n) is 12.2. The first-order valence-corrected chi connectivity index (χ1v) is 7.55. The molecule has 3 aromatic carbocycles. The van der Waals surface area contributed by atoms with E-state index in [0.717, 1.165) is 38.7 Å². The number of carbonyl (C=O) groups is 1. The number of hydrogen-bond acceptors (Lipinski definition) is 2. The van der Waals surface area contributed by atoms with E-state index in [0.29, 0.717) is 0 Å². The van der Waals surface area contributed by atoms with Gasteiger partial charge in [0.25, 0.3) is 5.91 Å². The van der Waals surface area contributed by atoms with Crippen molar-refractivity contribution in [2.24, 2.45) is 0 Å². The molecule has 1 aromatic heterocycles. The summed E-state index contributed by atoms with van der Waals surface area (Å²) >= 11 is 0. The monoisotopic (exact) mass is 296 g/mol. The van der Waals surface area contributed by atoms with Crippen LogP contribution < -0.4 is 4.90 Å². The van der Waals surface area contributed by atoms with Crippen molar-refractivity contribution in [1.82, 2.24) is 4.98 Å².